The molecular formula is C17H14N2O2. The number of rotatable bonds is 5. The summed E-state index contributed by atoms with van der Waals surface area (Å²) < 4.78 is 5.11. The Kier molecular flexibility index (Phi) is 5.13. The summed E-state index contributed by atoms with van der Waals surface area (Å²) in [6.45, 7) is 0.257. The number of amides is 1. The Morgan fingerprint density at radius 2 is 2.05 bits per heavy atom. The monoisotopic (exact) mass is 278 g/mol. The number of allylic oxidation sites excluding steroid dienone is 2. The summed E-state index contributed by atoms with van der Waals surface area (Å²) >= 11 is 0. The summed E-state index contributed by atoms with van der Waals surface area (Å²) in [6.07, 6.45) is 6.53. The van der Waals surface area contributed by atoms with Crippen molar-refractivity contribution in [2.45, 2.75) is 6.54 Å². The average Bonchev–Trinajstić information content (AvgIpc) is 3.04. The van der Waals surface area contributed by atoms with E-state index >= 15 is 0 Å². The van der Waals surface area contributed by atoms with Gasteiger partial charge in [0.05, 0.1) is 12.8 Å². The lowest BCUT2D eigenvalue weighted by atomic mass is 10.2. The van der Waals surface area contributed by atoms with Gasteiger partial charge in [-0.15, -0.1) is 0 Å². The van der Waals surface area contributed by atoms with Crippen LogP contribution in [-0.2, 0) is 11.3 Å². The second-order valence-corrected chi connectivity index (χ2v) is 4.22. The Bertz CT molecular complexity index is 677. The molecule has 1 aromatic carbocycles. The number of hydrogen-bond donors (Lipinski definition) is 1. The first-order chi connectivity index (χ1) is 10.3. The lowest BCUT2D eigenvalue weighted by molar-refractivity contribution is -0.117. The highest BCUT2D eigenvalue weighted by molar-refractivity contribution is 5.97. The zero-order chi connectivity index (χ0) is 14.9. The molecule has 1 aromatic heterocycles. The molecular weight excluding hydrogens is 264 g/mol. The minimum absolute atomic E-state index is 0.0498. The summed E-state index contributed by atoms with van der Waals surface area (Å²) in [4.78, 5) is 11.8. The molecule has 0 radical (unpaired) electrons. The van der Waals surface area contributed by atoms with Gasteiger partial charge in [-0.25, -0.2) is 0 Å². The molecule has 0 fully saturated rings. The first kappa shape index (κ1) is 14.4. The van der Waals surface area contributed by atoms with Crippen LogP contribution < -0.4 is 5.32 Å². The quantitative estimate of drug-likeness (QED) is 0.519. The summed E-state index contributed by atoms with van der Waals surface area (Å²) in [5, 5.41) is 11.6. The summed E-state index contributed by atoms with van der Waals surface area (Å²) in [5.41, 5.74) is 1.05. The van der Waals surface area contributed by atoms with E-state index in [1.807, 2.05) is 42.5 Å². The number of benzene rings is 1. The molecule has 0 spiro atoms. The number of nitrogens with zero attached hydrogens (tertiary/aromatic N) is 1. The molecule has 0 aliphatic carbocycles. The molecule has 4 nitrogen and oxygen atoms in total. The van der Waals surface area contributed by atoms with Crippen molar-refractivity contribution in [1.29, 1.82) is 5.26 Å². The topological polar surface area (TPSA) is 66.0 Å². The maximum Gasteiger partial charge on any atom is 0.262 e. The zero-order valence-corrected chi connectivity index (χ0v) is 11.3. The van der Waals surface area contributed by atoms with Gasteiger partial charge in [0, 0.05) is 0 Å². The number of carbonyl (C=O) groups excluding carboxylic acids is 1. The average molecular weight is 278 g/mol. The third kappa shape index (κ3) is 4.51. The molecule has 1 N–H and O–H groups in total. The molecule has 21 heavy (non-hydrogen) atoms. The van der Waals surface area contributed by atoms with E-state index in [0.29, 0.717) is 5.76 Å². The highest BCUT2D eigenvalue weighted by atomic mass is 16.3. The van der Waals surface area contributed by atoms with Crippen LogP contribution in [0.1, 0.15) is 11.3 Å². The van der Waals surface area contributed by atoms with Crippen molar-refractivity contribution in [2.75, 3.05) is 0 Å². The molecule has 1 heterocycles. The second-order valence-electron chi connectivity index (χ2n) is 4.22. The van der Waals surface area contributed by atoms with Crippen molar-refractivity contribution in [3.8, 4) is 6.07 Å². The number of furan rings is 1. The van der Waals surface area contributed by atoms with E-state index in [1.165, 1.54) is 12.3 Å². The first-order valence-corrected chi connectivity index (χ1v) is 6.43. The Labute approximate surface area is 123 Å². The van der Waals surface area contributed by atoms with Gasteiger partial charge < -0.3 is 9.73 Å². The van der Waals surface area contributed by atoms with Gasteiger partial charge in [0.1, 0.15) is 17.4 Å². The third-order valence-electron chi connectivity index (χ3n) is 2.72. The Morgan fingerprint density at radius 3 is 2.71 bits per heavy atom. The fourth-order valence-corrected chi connectivity index (χ4v) is 1.66. The first-order valence-electron chi connectivity index (χ1n) is 6.43. The van der Waals surface area contributed by atoms with Crippen LogP contribution >= 0.6 is 0 Å². The third-order valence-corrected chi connectivity index (χ3v) is 2.72. The number of nitriles is 1. The molecule has 0 aliphatic heterocycles. The normalized spacial score (nSPS) is 11.3. The highest BCUT2D eigenvalue weighted by Crippen LogP contribution is 2.03. The number of carbonyl (C=O) groups is 1. The smallest absolute Gasteiger partial charge is 0.262 e. The molecule has 2 rings (SSSR count). The summed E-state index contributed by atoms with van der Waals surface area (Å²) in [6, 6.07) is 15.0. The standard InChI is InChI=1S/C17H14N2O2/c18-12-15(9-4-8-14-6-2-1-3-7-14)17(20)19-13-16-10-5-11-21-16/h1-11H,13H2,(H,19,20). The van der Waals surface area contributed by atoms with Crippen molar-refractivity contribution < 1.29 is 9.21 Å². The van der Waals surface area contributed by atoms with E-state index < -0.39 is 5.91 Å². The zero-order valence-electron chi connectivity index (χ0n) is 11.3. The van der Waals surface area contributed by atoms with E-state index in [4.69, 9.17) is 9.68 Å². The van der Waals surface area contributed by atoms with Gasteiger partial charge in [-0.05, 0) is 23.8 Å². The SMILES string of the molecule is N#CC(=CC=Cc1ccccc1)C(=O)NCc1ccco1. The number of hydrogen-bond acceptors (Lipinski definition) is 3. The largest absolute Gasteiger partial charge is 0.467 e. The van der Waals surface area contributed by atoms with Gasteiger partial charge in [0.15, 0.2) is 0 Å². The van der Waals surface area contributed by atoms with Crippen LogP contribution in [0.25, 0.3) is 6.08 Å². The molecule has 0 bridgehead atoms. The fraction of sp³-hybridized carbons (Fsp3) is 0.0588. The predicted octanol–water partition coefficient (Wildman–Crippen LogP) is 3.06. The predicted molar refractivity (Wildman–Crippen MR) is 79.7 cm³/mol. The molecule has 0 saturated heterocycles. The van der Waals surface area contributed by atoms with Crippen molar-refractivity contribution >= 4 is 12.0 Å². The molecule has 1 amide bonds. The maximum absolute atomic E-state index is 11.8. The van der Waals surface area contributed by atoms with E-state index in [9.17, 15) is 4.79 Å². The van der Waals surface area contributed by atoms with Crippen LogP contribution in [0.15, 0.2) is 70.9 Å². The van der Waals surface area contributed by atoms with Crippen molar-refractivity contribution in [1.82, 2.24) is 5.32 Å². The van der Waals surface area contributed by atoms with E-state index in [0.717, 1.165) is 5.56 Å². The molecule has 0 atom stereocenters. The van der Waals surface area contributed by atoms with Crippen molar-refractivity contribution in [2.24, 2.45) is 0 Å². The lowest BCUT2D eigenvalue weighted by Crippen LogP contribution is -2.23. The lowest BCUT2D eigenvalue weighted by Gasteiger charge is -2.00. The van der Waals surface area contributed by atoms with Gasteiger partial charge in [0.25, 0.3) is 5.91 Å². The fourth-order valence-electron chi connectivity index (χ4n) is 1.66. The molecule has 0 saturated carbocycles. The molecule has 0 unspecified atom stereocenters. The summed E-state index contributed by atoms with van der Waals surface area (Å²) in [7, 11) is 0. The Morgan fingerprint density at radius 1 is 1.24 bits per heavy atom. The van der Waals surface area contributed by atoms with Crippen LogP contribution in [0.5, 0.6) is 0 Å². The minimum Gasteiger partial charge on any atom is -0.467 e. The van der Waals surface area contributed by atoms with Crippen LogP contribution in [0.3, 0.4) is 0 Å². The molecule has 2 aromatic rings. The van der Waals surface area contributed by atoms with Crippen LogP contribution in [-0.4, -0.2) is 5.91 Å². The highest BCUT2D eigenvalue weighted by Gasteiger charge is 2.07. The van der Waals surface area contributed by atoms with E-state index in [2.05, 4.69) is 5.32 Å². The van der Waals surface area contributed by atoms with Gasteiger partial charge in [0.2, 0.25) is 0 Å². The van der Waals surface area contributed by atoms with Crippen LogP contribution in [0.2, 0.25) is 0 Å². The summed E-state index contributed by atoms with van der Waals surface area (Å²) in [5.74, 6) is 0.215. The second kappa shape index (κ2) is 7.51. The molecule has 0 aliphatic rings. The van der Waals surface area contributed by atoms with Crippen LogP contribution in [0, 0.1) is 11.3 Å². The Balaban J connectivity index is 1.95. The van der Waals surface area contributed by atoms with Crippen molar-refractivity contribution in [3.63, 3.8) is 0 Å². The van der Waals surface area contributed by atoms with Gasteiger partial charge in [-0.2, -0.15) is 5.26 Å². The van der Waals surface area contributed by atoms with E-state index in [-0.39, 0.29) is 12.1 Å². The van der Waals surface area contributed by atoms with Gasteiger partial charge >= 0.3 is 0 Å². The Hall–Kier alpha value is -3.06. The van der Waals surface area contributed by atoms with Crippen LogP contribution in [0.4, 0.5) is 0 Å². The van der Waals surface area contributed by atoms with Gasteiger partial charge in [-0.1, -0.05) is 42.5 Å². The molecule has 104 valence electrons. The van der Waals surface area contributed by atoms with E-state index in [1.54, 1.807) is 18.2 Å². The minimum atomic E-state index is -0.424. The van der Waals surface area contributed by atoms with Gasteiger partial charge in [-0.3, -0.25) is 4.79 Å². The molecule has 4 heteroatoms. The maximum atomic E-state index is 11.8. The number of nitrogens with one attached hydrogen (secondary N) is 1. The van der Waals surface area contributed by atoms with Crippen molar-refractivity contribution in [3.05, 3.63) is 77.8 Å².